The lowest BCUT2D eigenvalue weighted by atomic mass is 9.74. The van der Waals surface area contributed by atoms with Gasteiger partial charge in [-0.1, -0.05) is 48.0 Å². The van der Waals surface area contributed by atoms with Gasteiger partial charge >= 0.3 is 0 Å². The van der Waals surface area contributed by atoms with E-state index in [2.05, 4.69) is 41.5 Å². The van der Waals surface area contributed by atoms with E-state index in [1.54, 1.807) is 0 Å². The van der Waals surface area contributed by atoms with Crippen LogP contribution < -0.4 is 0 Å². The van der Waals surface area contributed by atoms with Crippen molar-refractivity contribution in [2.75, 3.05) is 0 Å². The second kappa shape index (κ2) is 2.75. The Kier molecular flexibility index (Phi) is 2.31. The van der Waals surface area contributed by atoms with Crippen molar-refractivity contribution < 1.29 is 0 Å². The Bertz CT molecular complexity index is 167. The van der Waals surface area contributed by atoms with Crippen molar-refractivity contribution in [1.82, 2.24) is 0 Å². The van der Waals surface area contributed by atoms with Crippen LogP contribution in [0.15, 0.2) is 0 Å². The molecule has 1 rings (SSSR count). The van der Waals surface area contributed by atoms with Crippen molar-refractivity contribution in [3.05, 3.63) is 0 Å². The monoisotopic (exact) mass is 168 g/mol. The van der Waals surface area contributed by atoms with Crippen molar-refractivity contribution >= 4 is 0 Å². The maximum absolute atomic E-state index is 2.43. The highest BCUT2D eigenvalue weighted by Gasteiger charge is 2.64. The third kappa shape index (κ3) is 1.11. The summed E-state index contributed by atoms with van der Waals surface area (Å²) >= 11 is 0. The summed E-state index contributed by atoms with van der Waals surface area (Å²) in [7, 11) is 0. The average molecular weight is 168 g/mol. The predicted octanol–water partition coefficient (Wildman–Crippen LogP) is 4.10. The van der Waals surface area contributed by atoms with E-state index in [1.165, 1.54) is 12.8 Å². The molecule has 0 bridgehead atoms. The molecule has 0 N–H and O–H groups in total. The SMILES string of the molecule is CCC(C)C1(C(C)C)CC1(C)C. The van der Waals surface area contributed by atoms with E-state index >= 15 is 0 Å². The Labute approximate surface area is 77.7 Å². The molecule has 0 aromatic rings. The first-order valence-electron chi connectivity index (χ1n) is 5.38. The van der Waals surface area contributed by atoms with Gasteiger partial charge in [0, 0.05) is 0 Å². The fourth-order valence-electron chi connectivity index (χ4n) is 3.45. The normalized spacial score (nSPS) is 35.2. The molecule has 0 aromatic carbocycles. The summed E-state index contributed by atoms with van der Waals surface area (Å²) in [5.74, 6) is 1.75. The van der Waals surface area contributed by atoms with E-state index in [0.717, 1.165) is 11.8 Å². The summed E-state index contributed by atoms with van der Waals surface area (Å²) in [6.45, 7) is 14.4. The molecule has 0 saturated heterocycles. The lowest BCUT2D eigenvalue weighted by molar-refractivity contribution is 0.179. The molecular weight excluding hydrogens is 144 g/mol. The summed E-state index contributed by atoms with van der Waals surface area (Å²) in [6.07, 6.45) is 2.77. The van der Waals surface area contributed by atoms with Crippen molar-refractivity contribution in [1.29, 1.82) is 0 Å². The second-order valence-corrected chi connectivity index (χ2v) is 5.57. The fraction of sp³-hybridized carbons (Fsp3) is 1.00. The minimum atomic E-state index is 0.608. The van der Waals surface area contributed by atoms with E-state index in [-0.39, 0.29) is 0 Å². The van der Waals surface area contributed by atoms with Crippen molar-refractivity contribution in [2.24, 2.45) is 22.7 Å². The lowest BCUT2D eigenvalue weighted by Gasteiger charge is -2.30. The molecule has 1 fully saturated rings. The first-order chi connectivity index (χ1) is 5.38. The van der Waals surface area contributed by atoms with E-state index < -0.39 is 0 Å². The van der Waals surface area contributed by atoms with Crippen LogP contribution in [0.2, 0.25) is 0 Å². The average Bonchev–Trinajstić information content (AvgIpc) is 2.54. The van der Waals surface area contributed by atoms with Crippen LogP contribution in [0.1, 0.15) is 54.4 Å². The zero-order valence-corrected chi connectivity index (χ0v) is 9.57. The van der Waals surface area contributed by atoms with Crippen LogP contribution in [0.4, 0.5) is 0 Å². The van der Waals surface area contributed by atoms with Crippen LogP contribution in [-0.4, -0.2) is 0 Å². The zero-order valence-electron chi connectivity index (χ0n) is 9.57. The molecule has 1 aliphatic carbocycles. The number of hydrogen-bond acceptors (Lipinski definition) is 0. The van der Waals surface area contributed by atoms with Gasteiger partial charge in [0.2, 0.25) is 0 Å². The van der Waals surface area contributed by atoms with Crippen molar-refractivity contribution in [3.8, 4) is 0 Å². The summed E-state index contributed by atoms with van der Waals surface area (Å²) in [5, 5.41) is 0. The Morgan fingerprint density at radius 2 is 1.58 bits per heavy atom. The Morgan fingerprint density at radius 1 is 1.17 bits per heavy atom. The van der Waals surface area contributed by atoms with Crippen LogP contribution in [0, 0.1) is 22.7 Å². The molecule has 2 atom stereocenters. The molecule has 0 nitrogen and oxygen atoms in total. The molecule has 2 unspecified atom stereocenters. The molecule has 0 radical (unpaired) electrons. The maximum Gasteiger partial charge on any atom is -0.0192 e. The first kappa shape index (κ1) is 10.1. The molecule has 1 aliphatic rings. The van der Waals surface area contributed by atoms with E-state index in [1.807, 2.05) is 0 Å². The first-order valence-corrected chi connectivity index (χ1v) is 5.38. The minimum Gasteiger partial charge on any atom is -0.0651 e. The lowest BCUT2D eigenvalue weighted by Crippen LogP contribution is -2.24. The van der Waals surface area contributed by atoms with E-state index in [0.29, 0.717) is 10.8 Å². The number of rotatable bonds is 3. The summed E-state index contributed by atoms with van der Waals surface area (Å²) in [5.41, 5.74) is 1.26. The molecule has 0 aliphatic heterocycles. The van der Waals surface area contributed by atoms with Gasteiger partial charge in [-0.25, -0.2) is 0 Å². The van der Waals surface area contributed by atoms with Crippen molar-refractivity contribution in [3.63, 3.8) is 0 Å². The second-order valence-electron chi connectivity index (χ2n) is 5.57. The van der Waals surface area contributed by atoms with E-state index in [9.17, 15) is 0 Å². The van der Waals surface area contributed by atoms with Gasteiger partial charge in [0.25, 0.3) is 0 Å². The smallest absolute Gasteiger partial charge is 0.0192 e. The van der Waals surface area contributed by atoms with Gasteiger partial charge in [-0.05, 0) is 29.1 Å². The van der Waals surface area contributed by atoms with Gasteiger partial charge in [-0.3, -0.25) is 0 Å². The molecule has 0 aromatic heterocycles. The molecule has 0 heterocycles. The van der Waals surface area contributed by atoms with E-state index in [4.69, 9.17) is 0 Å². The molecule has 0 amide bonds. The fourth-order valence-corrected chi connectivity index (χ4v) is 3.45. The highest BCUT2D eigenvalue weighted by molar-refractivity contribution is 5.12. The van der Waals surface area contributed by atoms with Crippen molar-refractivity contribution in [2.45, 2.75) is 54.4 Å². The molecule has 1 saturated carbocycles. The highest BCUT2D eigenvalue weighted by Crippen LogP contribution is 2.71. The van der Waals surface area contributed by atoms with Crippen LogP contribution in [0.3, 0.4) is 0 Å². The van der Waals surface area contributed by atoms with Crippen LogP contribution in [0.25, 0.3) is 0 Å². The minimum absolute atomic E-state index is 0.608. The third-order valence-electron chi connectivity index (χ3n) is 4.39. The molecular formula is C12H24. The van der Waals surface area contributed by atoms with Gasteiger partial charge in [0.05, 0.1) is 0 Å². The highest BCUT2D eigenvalue weighted by atomic mass is 14.7. The van der Waals surface area contributed by atoms with Gasteiger partial charge in [0.15, 0.2) is 0 Å². The van der Waals surface area contributed by atoms with Gasteiger partial charge < -0.3 is 0 Å². The quantitative estimate of drug-likeness (QED) is 0.595. The van der Waals surface area contributed by atoms with Crippen LogP contribution in [-0.2, 0) is 0 Å². The maximum atomic E-state index is 2.43. The molecule has 72 valence electrons. The Hall–Kier alpha value is 0. The van der Waals surface area contributed by atoms with Gasteiger partial charge in [-0.2, -0.15) is 0 Å². The predicted molar refractivity (Wildman–Crippen MR) is 55.1 cm³/mol. The Balaban J connectivity index is 2.79. The Morgan fingerprint density at radius 3 is 1.67 bits per heavy atom. The number of hydrogen-bond donors (Lipinski definition) is 0. The van der Waals surface area contributed by atoms with Gasteiger partial charge in [-0.15, -0.1) is 0 Å². The van der Waals surface area contributed by atoms with Crippen LogP contribution in [0.5, 0.6) is 0 Å². The van der Waals surface area contributed by atoms with Crippen LogP contribution >= 0.6 is 0 Å². The summed E-state index contributed by atoms with van der Waals surface area (Å²) in [4.78, 5) is 0. The summed E-state index contributed by atoms with van der Waals surface area (Å²) in [6, 6.07) is 0. The standard InChI is InChI=1S/C12H24/c1-7-10(4)12(9(2)3)8-11(12,5)6/h9-10H,7-8H2,1-6H3. The third-order valence-corrected chi connectivity index (χ3v) is 4.39. The zero-order chi connectivity index (χ0) is 9.57. The largest absolute Gasteiger partial charge is 0.0651 e. The summed E-state index contributed by atoms with van der Waals surface area (Å²) < 4.78 is 0. The molecule has 0 heteroatoms. The van der Waals surface area contributed by atoms with Gasteiger partial charge in [0.1, 0.15) is 0 Å². The topological polar surface area (TPSA) is 0 Å². The molecule has 12 heavy (non-hydrogen) atoms. The molecule has 0 spiro atoms.